The van der Waals surface area contributed by atoms with Gasteiger partial charge in [0.25, 0.3) is 0 Å². The Balaban J connectivity index is 1.32. The lowest BCUT2D eigenvalue weighted by Gasteiger charge is -2.29. The number of aromatic hydroxyl groups is 1. The molecule has 0 spiro atoms. The molecule has 2 unspecified atom stereocenters. The van der Waals surface area contributed by atoms with E-state index in [0.717, 1.165) is 53.9 Å². The molecular formula is C28H34N8O. The summed E-state index contributed by atoms with van der Waals surface area (Å²) in [5, 5.41) is 13.6. The zero-order valence-electron chi connectivity index (χ0n) is 21.0. The highest BCUT2D eigenvalue weighted by Gasteiger charge is 2.33. The number of nitrogens with zero attached hydrogens (tertiary/aromatic N) is 5. The number of rotatable bonds is 6. The molecule has 3 aromatic heterocycles. The highest BCUT2D eigenvalue weighted by molar-refractivity contribution is 5.85. The number of para-hydroxylation sites is 1. The summed E-state index contributed by atoms with van der Waals surface area (Å²) >= 11 is 0. The van der Waals surface area contributed by atoms with E-state index in [4.69, 9.17) is 16.5 Å². The van der Waals surface area contributed by atoms with Crippen LogP contribution in [0.25, 0.3) is 22.4 Å². The van der Waals surface area contributed by atoms with Gasteiger partial charge >= 0.3 is 0 Å². The molecule has 0 bridgehead atoms. The van der Waals surface area contributed by atoms with Gasteiger partial charge in [0, 0.05) is 36.3 Å². The first-order valence-corrected chi connectivity index (χ1v) is 13.4. The van der Waals surface area contributed by atoms with E-state index in [1.54, 1.807) is 18.3 Å². The van der Waals surface area contributed by atoms with E-state index in [2.05, 4.69) is 24.8 Å². The average molecular weight is 499 g/mol. The van der Waals surface area contributed by atoms with Gasteiger partial charge in [-0.2, -0.15) is 9.97 Å². The lowest BCUT2D eigenvalue weighted by molar-refractivity contribution is 0.354. The molecule has 3 heterocycles. The van der Waals surface area contributed by atoms with Crippen LogP contribution in [0.1, 0.15) is 74.7 Å². The van der Waals surface area contributed by atoms with Gasteiger partial charge in [-0.05, 0) is 49.4 Å². The summed E-state index contributed by atoms with van der Waals surface area (Å²) in [7, 11) is 0. The van der Waals surface area contributed by atoms with Crippen LogP contribution in [-0.2, 0) is 6.54 Å². The van der Waals surface area contributed by atoms with Crippen molar-refractivity contribution < 1.29 is 5.11 Å². The fraction of sp³-hybridized carbons (Fsp3) is 0.429. The number of pyridine rings is 1. The number of benzene rings is 1. The molecule has 192 valence electrons. The smallest absolute Gasteiger partial charge is 0.224 e. The van der Waals surface area contributed by atoms with Crippen molar-refractivity contribution in [2.45, 2.75) is 75.9 Å². The van der Waals surface area contributed by atoms with Gasteiger partial charge in [0.15, 0.2) is 17.0 Å². The Labute approximate surface area is 216 Å². The Kier molecular flexibility index (Phi) is 6.38. The number of nitrogens with one attached hydrogen (secondary N) is 1. The summed E-state index contributed by atoms with van der Waals surface area (Å²) in [6, 6.07) is 11.6. The van der Waals surface area contributed by atoms with E-state index >= 15 is 0 Å². The predicted molar refractivity (Wildman–Crippen MR) is 145 cm³/mol. The standard InChI is InChI=1S/C28H34N8O/c29-21-11-5-3-9-19(21)26-33-24-25(34-28(30)35-27(24)36(26)18-7-1-2-8-18)32-16-17-13-14-22(31-15-17)20-10-4-6-12-23(20)37/h4,6,10,12-15,18-19,21,37H,1-3,5,7-9,11,16,29H2,(H3,30,32,34,35). The van der Waals surface area contributed by atoms with Gasteiger partial charge in [0.1, 0.15) is 11.6 Å². The highest BCUT2D eigenvalue weighted by atomic mass is 16.3. The monoisotopic (exact) mass is 498 g/mol. The number of anilines is 2. The number of phenolic OH excluding ortho intramolecular Hbond substituents is 1. The van der Waals surface area contributed by atoms with Crippen molar-refractivity contribution in [2.75, 3.05) is 11.1 Å². The first-order chi connectivity index (χ1) is 18.1. The van der Waals surface area contributed by atoms with E-state index < -0.39 is 0 Å². The minimum Gasteiger partial charge on any atom is -0.507 e. The Morgan fingerprint density at radius 2 is 1.73 bits per heavy atom. The lowest BCUT2D eigenvalue weighted by Crippen LogP contribution is -2.33. The molecule has 6 rings (SSSR count). The molecule has 1 aromatic carbocycles. The molecule has 0 aliphatic heterocycles. The third-order valence-corrected chi connectivity index (χ3v) is 7.89. The molecule has 37 heavy (non-hydrogen) atoms. The third-order valence-electron chi connectivity index (χ3n) is 7.89. The van der Waals surface area contributed by atoms with Crippen molar-refractivity contribution in [3.8, 4) is 17.0 Å². The highest BCUT2D eigenvalue weighted by Crippen LogP contribution is 2.40. The van der Waals surface area contributed by atoms with Crippen LogP contribution in [0.3, 0.4) is 0 Å². The van der Waals surface area contributed by atoms with Crippen molar-refractivity contribution in [3.63, 3.8) is 0 Å². The van der Waals surface area contributed by atoms with Crippen LogP contribution in [-0.4, -0.2) is 35.7 Å². The number of nitrogen functional groups attached to an aromatic ring is 1. The zero-order valence-corrected chi connectivity index (χ0v) is 21.0. The zero-order chi connectivity index (χ0) is 25.4. The van der Waals surface area contributed by atoms with Gasteiger partial charge in [0.2, 0.25) is 5.95 Å². The second kappa shape index (κ2) is 9.97. The molecule has 2 aliphatic carbocycles. The molecule has 0 amide bonds. The summed E-state index contributed by atoms with van der Waals surface area (Å²) in [4.78, 5) is 18.9. The van der Waals surface area contributed by atoms with Crippen molar-refractivity contribution in [1.82, 2.24) is 24.5 Å². The maximum Gasteiger partial charge on any atom is 0.224 e. The topological polar surface area (TPSA) is 141 Å². The number of hydrogen-bond acceptors (Lipinski definition) is 8. The van der Waals surface area contributed by atoms with Gasteiger partial charge in [-0.15, -0.1) is 0 Å². The van der Waals surface area contributed by atoms with E-state index in [1.165, 1.54) is 25.7 Å². The molecule has 4 aromatic rings. The van der Waals surface area contributed by atoms with Crippen LogP contribution < -0.4 is 16.8 Å². The Hall–Kier alpha value is -3.72. The van der Waals surface area contributed by atoms with E-state index in [0.29, 0.717) is 24.0 Å². The van der Waals surface area contributed by atoms with E-state index in [9.17, 15) is 5.11 Å². The van der Waals surface area contributed by atoms with E-state index in [-0.39, 0.29) is 23.7 Å². The van der Waals surface area contributed by atoms with Gasteiger partial charge in [-0.1, -0.05) is 43.9 Å². The molecule has 9 nitrogen and oxygen atoms in total. The summed E-state index contributed by atoms with van der Waals surface area (Å²) in [5.41, 5.74) is 16.8. The lowest BCUT2D eigenvalue weighted by atomic mass is 9.84. The van der Waals surface area contributed by atoms with Crippen LogP contribution in [0.5, 0.6) is 5.75 Å². The second-order valence-electron chi connectivity index (χ2n) is 10.4. The van der Waals surface area contributed by atoms with Gasteiger partial charge < -0.3 is 26.5 Å². The van der Waals surface area contributed by atoms with Gasteiger partial charge in [-0.3, -0.25) is 4.98 Å². The summed E-state index contributed by atoms with van der Waals surface area (Å²) < 4.78 is 2.34. The molecule has 2 fully saturated rings. The van der Waals surface area contributed by atoms with Crippen LogP contribution >= 0.6 is 0 Å². The molecule has 2 saturated carbocycles. The van der Waals surface area contributed by atoms with Crippen LogP contribution in [0.15, 0.2) is 42.6 Å². The maximum atomic E-state index is 10.1. The molecule has 9 heteroatoms. The van der Waals surface area contributed by atoms with Crippen molar-refractivity contribution >= 4 is 22.9 Å². The SMILES string of the molecule is Nc1nc(NCc2ccc(-c3ccccc3O)nc2)c2nc(C3CCCCC3N)n(C3CCCC3)c2n1. The van der Waals surface area contributed by atoms with Crippen LogP contribution in [0.2, 0.25) is 0 Å². The Morgan fingerprint density at radius 1 is 0.946 bits per heavy atom. The van der Waals surface area contributed by atoms with Crippen molar-refractivity contribution in [2.24, 2.45) is 5.73 Å². The second-order valence-corrected chi connectivity index (χ2v) is 10.4. The number of imidazole rings is 1. The normalized spacial score (nSPS) is 20.5. The number of phenols is 1. The third kappa shape index (κ3) is 4.59. The predicted octanol–water partition coefficient (Wildman–Crippen LogP) is 4.89. The fourth-order valence-electron chi connectivity index (χ4n) is 5.96. The molecule has 0 saturated heterocycles. The largest absolute Gasteiger partial charge is 0.507 e. The van der Waals surface area contributed by atoms with Crippen LogP contribution in [0, 0.1) is 0 Å². The van der Waals surface area contributed by atoms with Gasteiger partial charge in [0.05, 0.1) is 5.69 Å². The number of aromatic nitrogens is 5. The van der Waals surface area contributed by atoms with Crippen LogP contribution in [0.4, 0.5) is 11.8 Å². The summed E-state index contributed by atoms with van der Waals surface area (Å²) in [6.07, 6.45) is 10.9. The molecular weight excluding hydrogens is 464 g/mol. The minimum absolute atomic E-state index is 0.112. The fourth-order valence-corrected chi connectivity index (χ4v) is 5.96. The minimum atomic E-state index is 0.112. The van der Waals surface area contributed by atoms with Crippen molar-refractivity contribution in [3.05, 3.63) is 54.0 Å². The molecule has 0 radical (unpaired) electrons. The Morgan fingerprint density at radius 3 is 2.49 bits per heavy atom. The van der Waals surface area contributed by atoms with E-state index in [1.807, 2.05) is 24.3 Å². The van der Waals surface area contributed by atoms with Gasteiger partial charge in [-0.25, -0.2) is 4.98 Å². The number of hydrogen-bond donors (Lipinski definition) is 4. The number of fused-ring (bicyclic) bond motifs is 1. The average Bonchev–Trinajstić information content (AvgIpc) is 3.56. The summed E-state index contributed by atoms with van der Waals surface area (Å²) in [5.74, 6) is 2.36. The quantitative estimate of drug-likeness (QED) is 0.294. The molecule has 2 aliphatic rings. The first-order valence-electron chi connectivity index (χ1n) is 13.4. The first kappa shape index (κ1) is 23.7. The maximum absolute atomic E-state index is 10.1. The Bertz CT molecular complexity index is 1390. The molecule has 2 atom stereocenters. The number of nitrogens with two attached hydrogens (primary N) is 2. The summed E-state index contributed by atoms with van der Waals surface area (Å²) in [6.45, 7) is 0.508. The molecule has 6 N–H and O–H groups in total. The van der Waals surface area contributed by atoms with Crippen molar-refractivity contribution in [1.29, 1.82) is 0 Å².